The van der Waals surface area contributed by atoms with Gasteiger partial charge in [-0.2, -0.15) is 0 Å². The smallest absolute Gasteiger partial charge is 0.275 e. The number of likely N-dealkylation sites (tertiary alicyclic amines) is 1. The molecule has 0 spiro atoms. The summed E-state index contributed by atoms with van der Waals surface area (Å²) in [6, 6.07) is 3.75. The minimum absolute atomic E-state index is 0.0126. The van der Waals surface area contributed by atoms with Crippen molar-refractivity contribution >= 4 is 11.8 Å². The van der Waals surface area contributed by atoms with Gasteiger partial charge in [-0.25, -0.2) is 5.06 Å². The van der Waals surface area contributed by atoms with Gasteiger partial charge in [0.25, 0.3) is 11.8 Å². The van der Waals surface area contributed by atoms with Crippen molar-refractivity contribution in [1.82, 2.24) is 14.9 Å². The highest BCUT2D eigenvalue weighted by Gasteiger charge is 2.44. The third-order valence-electron chi connectivity index (χ3n) is 5.80. The molecule has 1 aromatic heterocycles. The Kier molecular flexibility index (Phi) is 5.41. The molecule has 4 heterocycles. The number of pyridine rings is 1. The maximum atomic E-state index is 12.8. The molecule has 7 nitrogen and oxygen atoms in total. The second kappa shape index (κ2) is 7.94. The van der Waals surface area contributed by atoms with Gasteiger partial charge in [0.1, 0.15) is 6.10 Å². The molecule has 4 rings (SSSR count). The van der Waals surface area contributed by atoms with Crippen LogP contribution in [-0.4, -0.2) is 65.2 Å². The molecule has 146 valence electrons. The van der Waals surface area contributed by atoms with E-state index in [2.05, 4.69) is 4.98 Å². The molecule has 0 radical (unpaired) electrons. The van der Waals surface area contributed by atoms with Crippen molar-refractivity contribution in [2.45, 2.75) is 51.2 Å². The molecule has 3 atom stereocenters. The number of fused-ring (bicyclic) bond motifs is 1. The Hall–Kier alpha value is -1.99. The van der Waals surface area contributed by atoms with Crippen LogP contribution in [0.25, 0.3) is 0 Å². The molecule has 3 saturated heterocycles. The molecule has 1 aromatic rings. The van der Waals surface area contributed by atoms with Gasteiger partial charge in [-0.1, -0.05) is 6.92 Å². The first kappa shape index (κ1) is 18.4. The lowest BCUT2D eigenvalue weighted by atomic mass is 9.91. The number of amides is 2. The summed E-state index contributed by atoms with van der Waals surface area (Å²) in [5.41, 5.74) is 1.59. The molecular formula is C20H27N3O4. The number of hydrogen-bond donors (Lipinski definition) is 0. The largest absolute Gasteiger partial charge is 0.363 e. The number of hydroxylamine groups is 2. The number of ether oxygens (including phenoxy) is 1. The summed E-state index contributed by atoms with van der Waals surface area (Å²) >= 11 is 0. The number of hydrogen-bond acceptors (Lipinski definition) is 5. The van der Waals surface area contributed by atoms with E-state index in [4.69, 9.17) is 9.57 Å². The Balaban J connectivity index is 1.36. The van der Waals surface area contributed by atoms with E-state index < -0.39 is 6.10 Å². The topological polar surface area (TPSA) is 72.0 Å². The van der Waals surface area contributed by atoms with Crippen molar-refractivity contribution in [2.75, 3.05) is 26.2 Å². The Labute approximate surface area is 159 Å². The van der Waals surface area contributed by atoms with E-state index in [1.165, 1.54) is 5.06 Å². The number of carbonyl (C=O) groups excluding carboxylic acids is 2. The van der Waals surface area contributed by atoms with Crippen LogP contribution in [0.4, 0.5) is 0 Å². The third-order valence-corrected chi connectivity index (χ3v) is 5.80. The second-order valence-corrected chi connectivity index (χ2v) is 7.57. The van der Waals surface area contributed by atoms with Crippen molar-refractivity contribution < 1.29 is 19.2 Å². The molecule has 0 aromatic carbocycles. The van der Waals surface area contributed by atoms with Crippen LogP contribution in [0.15, 0.2) is 18.3 Å². The number of piperidine rings is 1. The van der Waals surface area contributed by atoms with Gasteiger partial charge in [-0.05, 0) is 50.2 Å². The van der Waals surface area contributed by atoms with Gasteiger partial charge in [0.15, 0.2) is 0 Å². The summed E-state index contributed by atoms with van der Waals surface area (Å²) < 4.78 is 6.05. The van der Waals surface area contributed by atoms with E-state index in [9.17, 15) is 9.59 Å². The minimum Gasteiger partial charge on any atom is -0.363 e. The summed E-state index contributed by atoms with van der Waals surface area (Å²) in [5.74, 6) is 0.246. The maximum absolute atomic E-state index is 12.8. The van der Waals surface area contributed by atoms with Crippen LogP contribution in [0, 0.1) is 5.92 Å². The van der Waals surface area contributed by atoms with Crippen LogP contribution in [-0.2, 0) is 20.8 Å². The van der Waals surface area contributed by atoms with E-state index >= 15 is 0 Å². The van der Waals surface area contributed by atoms with Crippen molar-refractivity contribution in [2.24, 2.45) is 5.92 Å². The SMILES string of the molecule is CCc1ccc(C(=O)N2CC[C@H]3C[C@@H](C(=O)N4CCCCO4)O[C@@H]3C2)cn1. The molecule has 27 heavy (non-hydrogen) atoms. The summed E-state index contributed by atoms with van der Waals surface area (Å²) in [4.78, 5) is 37.0. The van der Waals surface area contributed by atoms with Crippen molar-refractivity contribution in [3.63, 3.8) is 0 Å². The van der Waals surface area contributed by atoms with Crippen LogP contribution in [0.3, 0.4) is 0 Å². The number of rotatable bonds is 3. The highest BCUT2D eigenvalue weighted by molar-refractivity contribution is 5.94. The standard InChI is InChI=1S/C20H27N3O4/c1-2-16-6-5-15(12-21-16)19(24)22-9-7-14-11-17(27-18(14)13-22)20(25)23-8-3-4-10-26-23/h5-6,12,14,17-18H,2-4,7-11,13H2,1H3/t14-,17-,18+/m0/s1. The number of carbonyl (C=O) groups is 2. The van der Waals surface area contributed by atoms with Crippen molar-refractivity contribution in [3.8, 4) is 0 Å². The fourth-order valence-electron chi connectivity index (χ4n) is 4.15. The van der Waals surface area contributed by atoms with Crippen LogP contribution in [0.1, 0.15) is 48.7 Å². The van der Waals surface area contributed by atoms with Crippen LogP contribution >= 0.6 is 0 Å². The van der Waals surface area contributed by atoms with Gasteiger partial charge >= 0.3 is 0 Å². The zero-order valence-electron chi connectivity index (χ0n) is 15.8. The lowest BCUT2D eigenvalue weighted by Gasteiger charge is -2.34. The minimum atomic E-state index is -0.446. The molecule has 2 amide bonds. The van der Waals surface area contributed by atoms with Crippen LogP contribution in [0.5, 0.6) is 0 Å². The first-order chi connectivity index (χ1) is 13.2. The zero-order valence-corrected chi connectivity index (χ0v) is 15.8. The quantitative estimate of drug-likeness (QED) is 0.808. The molecule has 0 unspecified atom stereocenters. The first-order valence-electron chi connectivity index (χ1n) is 9.99. The van der Waals surface area contributed by atoms with Crippen LogP contribution in [0.2, 0.25) is 0 Å². The van der Waals surface area contributed by atoms with Gasteiger partial charge < -0.3 is 9.64 Å². The monoisotopic (exact) mass is 373 g/mol. The van der Waals surface area contributed by atoms with E-state index in [0.29, 0.717) is 37.7 Å². The summed E-state index contributed by atoms with van der Waals surface area (Å²) in [5, 5.41) is 1.47. The number of aromatic nitrogens is 1. The molecule has 0 saturated carbocycles. The predicted octanol–water partition coefficient (Wildman–Crippen LogP) is 1.82. The highest BCUT2D eigenvalue weighted by atomic mass is 16.7. The van der Waals surface area contributed by atoms with Gasteiger partial charge in [-0.15, -0.1) is 0 Å². The lowest BCUT2D eigenvalue weighted by molar-refractivity contribution is -0.206. The summed E-state index contributed by atoms with van der Waals surface area (Å²) in [6.07, 6.45) is 5.53. The fourth-order valence-corrected chi connectivity index (χ4v) is 4.15. The molecule has 7 heteroatoms. The van der Waals surface area contributed by atoms with Gasteiger partial charge in [-0.3, -0.25) is 19.4 Å². The van der Waals surface area contributed by atoms with Gasteiger partial charge in [0.2, 0.25) is 0 Å². The number of aryl methyl sites for hydroxylation is 1. The normalized spacial score (nSPS) is 28.1. The Bertz CT molecular complexity index is 687. The zero-order chi connectivity index (χ0) is 18.8. The summed E-state index contributed by atoms with van der Waals surface area (Å²) in [6.45, 7) is 4.50. The molecular weight excluding hydrogens is 346 g/mol. The molecule has 3 aliphatic heterocycles. The van der Waals surface area contributed by atoms with Crippen molar-refractivity contribution in [3.05, 3.63) is 29.6 Å². The maximum Gasteiger partial charge on any atom is 0.275 e. The summed E-state index contributed by atoms with van der Waals surface area (Å²) in [7, 11) is 0. The lowest BCUT2D eigenvalue weighted by Crippen LogP contribution is -2.45. The predicted molar refractivity (Wildman–Crippen MR) is 97.8 cm³/mol. The van der Waals surface area contributed by atoms with Gasteiger partial charge in [0.05, 0.1) is 18.3 Å². The molecule has 0 N–H and O–H groups in total. The van der Waals surface area contributed by atoms with E-state index in [1.54, 1.807) is 6.20 Å². The first-order valence-corrected chi connectivity index (χ1v) is 9.99. The van der Waals surface area contributed by atoms with E-state index in [1.807, 2.05) is 24.0 Å². The Morgan fingerprint density at radius 2 is 2.15 bits per heavy atom. The molecule has 3 aliphatic rings. The average molecular weight is 373 g/mol. The number of nitrogens with zero attached hydrogens (tertiary/aromatic N) is 3. The molecule has 0 aliphatic carbocycles. The third kappa shape index (κ3) is 3.84. The second-order valence-electron chi connectivity index (χ2n) is 7.57. The average Bonchev–Trinajstić information content (AvgIpc) is 3.16. The Morgan fingerprint density at radius 1 is 1.26 bits per heavy atom. The molecule has 0 bridgehead atoms. The van der Waals surface area contributed by atoms with E-state index in [0.717, 1.165) is 37.8 Å². The fraction of sp³-hybridized carbons (Fsp3) is 0.650. The van der Waals surface area contributed by atoms with E-state index in [-0.39, 0.29) is 17.9 Å². The highest BCUT2D eigenvalue weighted by Crippen LogP contribution is 2.34. The Morgan fingerprint density at radius 3 is 2.85 bits per heavy atom. The van der Waals surface area contributed by atoms with Crippen molar-refractivity contribution in [1.29, 1.82) is 0 Å². The van der Waals surface area contributed by atoms with Gasteiger partial charge in [0, 0.05) is 31.5 Å². The van der Waals surface area contributed by atoms with Crippen LogP contribution < -0.4 is 0 Å². The molecule has 3 fully saturated rings.